The fourth-order valence-corrected chi connectivity index (χ4v) is 2.23. The van der Waals surface area contributed by atoms with Crippen LogP contribution in [0.25, 0.3) is 0 Å². The summed E-state index contributed by atoms with van der Waals surface area (Å²) in [7, 11) is 1.83. The number of rotatable bonds is 3. The third-order valence-electron chi connectivity index (χ3n) is 2.56. The van der Waals surface area contributed by atoms with Crippen LogP contribution in [0.4, 0.5) is 11.5 Å². The molecule has 0 amide bonds. The Kier molecular flexibility index (Phi) is 3.54. The predicted octanol–water partition coefficient (Wildman–Crippen LogP) is 2.76. The molecular formula is C12H13ClN4S. The van der Waals surface area contributed by atoms with Gasteiger partial charge < -0.3 is 11.1 Å². The fourth-order valence-electron chi connectivity index (χ4n) is 1.80. The lowest BCUT2D eigenvalue weighted by atomic mass is 10.2. The number of nitrogens with two attached hydrogens (primary N) is 1. The molecule has 6 heteroatoms. The van der Waals surface area contributed by atoms with Crippen molar-refractivity contribution in [3.05, 3.63) is 40.5 Å². The average Bonchev–Trinajstić information content (AvgIpc) is 2.53. The predicted molar refractivity (Wildman–Crippen MR) is 78.6 cm³/mol. The van der Waals surface area contributed by atoms with E-state index in [1.807, 2.05) is 38.2 Å². The first-order valence-corrected chi connectivity index (χ1v) is 6.13. The van der Waals surface area contributed by atoms with Crippen molar-refractivity contribution in [2.24, 2.45) is 12.8 Å². The number of thiocarbonyl (C=S) groups is 1. The Morgan fingerprint density at radius 1 is 1.50 bits per heavy atom. The fraction of sp³-hybridized carbons (Fsp3) is 0.167. The van der Waals surface area contributed by atoms with E-state index in [-0.39, 0.29) is 0 Å². The van der Waals surface area contributed by atoms with Gasteiger partial charge in [0.25, 0.3) is 0 Å². The van der Waals surface area contributed by atoms with Gasteiger partial charge in [0.05, 0.1) is 11.3 Å². The molecule has 0 radical (unpaired) electrons. The van der Waals surface area contributed by atoms with E-state index in [4.69, 9.17) is 29.6 Å². The first kappa shape index (κ1) is 12.9. The van der Waals surface area contributed by atoms with Gasteiger partial charge in [-0.05, 0) is 25.1 Å². The molecule has 0 aliphatic rings. The van der Waals surface area contributed by atoms with Crippen LogP contribution in [0.2, 0.25) is 5.02 Å². The summed E-state index contributed by atoms with van der Waals surface area (Å²) in [4.78, 5) is 0.324. The lowest BCUT2D eigenvalue weighted by Gasteiger charge is -2.09. The van der Waals surface area contributed by atoms with Crippen molar-refractivity contribution in [1.29, 1.82) is 0 Å². The van der Waals surface area contributed by atoms with Gasteiger partial charge in [-0.25, -0.2) is 0 Å². The maximum absolute atomic E-state index is 5.95. The molecule has 0 spiro atoms. The third-order valence-corrected chi connectivity index (χ3v) is 3.00. The minimum atomic E-state index is 0.324. The summed E-state index contributed by atoms with van der Waals surface area (Å²) in [5.74, 6) is 0.766. The highest BCUT2D eigenvalue weighted by atomic mass is 35.5. The largest absolute Gasteiger partial charge is 0.389 e. The number of nitrogens with one attached hydrogen (secondary N) is 1. The van der Waals surface area contributed by atoms with Crippen LogP contribution in [0, 0.1) is 6.92 Å². The standard InChI is InChI=1S/C12H13ClN4S/c1-7-10(11(14)18)12(17(2)16-7)15-9-5-3-4-8(13)6-9/h3-6,15H,1-2H3,(H2,14,18). The van der Waals surface area contributed by atoms with Gasteiger partial charge in [-0.1, -0.05) is 29.9 Å². The number of nitrogens with zero attached hydrogens (tertiary/aromatic N) is 2. The smallest absolute Gasteiger partial charge is 0.138 e. The SMILES string of the molecule is Cc1nn(C)c(Nc2cccc(Cl)c2)c1C(N)=S. The maximum Gasteiger partial charge on any atom is 0.138 e. The summed E-state index contributed by atoms with van der Waals surface area (Å²) in [6.07, 6.45) is 0. The van der Waals surface area contributed by atoms with Gasteiger partial charge in [-0.3, -0.25) is 4.68 Å². The third kappa shape index (κ3) is 2.47. The van der Waals surface area contributed by atoms with Crippen LogP contribution in [0.5, 0.6) is 0 Å². The zero-order valence-electron chi connectivity index (χ0n) is 10.1. The molecular weight excluding hydrogens is 268 g/mol. The summed E-state index contributed by atoms with van der Waals surface area (Å²) < 4.78 is 1.71. The monoisotopic (exact) mass is 280 g/mol. The molecule has 0 unspecified atom stereocenters. The van der Waals surface area contributed by atoms with Crippen molar-refractivity contribution < 1.29 is 0 Å². The van der Waals surface area contributed by atoms with Crippen LogP contribution in [0.15, 0.2) is 24.3 Å². The van der Waals surface area contributed by atoms with Gasteiger partial charge in [-0.2, -0.15) is 5.10 Å². The van der Waals surface area contributed by atoms with Crippen LogP contribution >= 0.6 is 23.8 Å². The molecule has 2 aromatic rings. The molecule has 0 aliphatic carbocycles. The molecule has 4 nitrogen and oxygen atoms in total. The minimum absolute atomic E-state index is 0.324. The van der Waals surface area contributed by atoms with Crippen molar-refractivity contribution in [1.82, 2.24) is 9.78 Å². The maximum atomic E-state index is 5.95. The van der Waals surface area contributed by atoms with E-state index in [0.29, 0.717) is 10.0 Å². The number of hydrogen-bond acceptors (Lipinski definition) is 3. The van der Waals surface area contributed by atoms with E-state index < -0.39 is 0 Å². The van der Waals surface area contributed by atoms with E-state index in [9.17, 15) is 0 Å². The van der Waals surface area contributed by atoms with Crippen molar-refractivity contribution in [2.75, 3.05) is 5.32 Å². The lowest BCUT2D eigenvalue weighted by Crippen LogP contribution is -2.12. The van der Waals surface area contributed by atoms with E-state index in [1.165, 1.54) is 0 Å². The minimum Gasteiger partial charge on any atom is -0.389 e. The topological polar surface area (TPSA) is 55.9 Å². The molecule has 2 rings (SSSR count). The van der Waals surface area contributed by atoms with E-state index in [2.05, 4.69) is 10.4 Å². The first-order chi connectivity index (χ1) is 8.49. The number of benzene rings is 1. The second kappa shape index (κ2) is 4.96. The lowest BCUT2D eigenvalue weighted by molar-refractivity contribution is 0.765. The van der Waals surface area contributed by atoms with E-state index >= 15 is 0 Å². The zero-order chi connectivity index (χ0) is 13.3. The molecule has 0 saturated carbocycles. The zero-order valence-corrected chi connectivity index (χ0v) is 11.6. The number of aryl methyl sites for hydroxylation is 2. The van der Waals surface area contributed by atoms with E-state index in [0.717, 1.165) is 22.8 Å². The molecule has 0 fully saturated rings. The van der Waals surface area contributed by atoms with Crippen LogP contribution in [-0.4, -0.2) is 14.8 Å². The van der Waals surface area contributed by atoms with Gasteiger partial charge >= 0.3 is 0 Å². The van der Waals surface area contributed by atoms with Crippen LogP contribution in [-0.2, 0) is 7.05 Å². The number of aromatic nitrogens is 2. The number of anilines is 2. The Bertz CT molecular complexity index is 606. The van der Waals surface area contributed by atoms with Gasteiger partial charge in [0.1, 0.15) is 10.8 Å². The molecule has 0 bridgehead atoms. The quantitative estimate of drug-likeness (QED) is 0.849. The molecule has 1 aromatic heterocycles. The van der Waals surface area contributed by atoms with Crippen molar-refractivity contribution >= 4 is 40.3 Å². The summed E-state index contributed by atoms with van der Waals surface area (Å²) in [5, 5.41) is 8.20. The molecule has 3 N–H and O–H groups in total. The number of hydrogen-bond donors (Lipinski definition) is 2. The van der Waals surface area contributed by atoms with Crippen molar-refractivity contribution in [3.8, 4) is 0 Å². The normalized spacial score (nSPS) is 10.4. The van der Waals surface area contributed by atoms with Crippen LogP contribution < -0.4 is 11.1 Å². The average molecular weight is 281 g/mol. The highest BCUT2D eigenvalue weighted by Crippen LogP contribution is 2.24. The first-order valence-electron chi connectivity index (χ1n) is 5.35. The summed E-state index contributed by atoms with van der Waals surface area (Å²) in [5.41, 5.74) is 8.15. The molecule has 18 heavy (non-hydrogen) atoms. The Morgan fingerprint density at radius 2 is 2.22 bits per heavy atom. The second-order valence-electron chi connectivity index (χ2n) is 3.93. The van der Waals surface area contributed by atoms with Gasteiger partial charge in [0.15, 0.2) is 0 Å². The summed E-state index contributed by atoms with van der Waals surface area (Å²) in [6.45, 7) is 1.87. The molecule has 0 saturated heterocycles. The molecule has 0 aliphatic heterocycles. The highest BCUT2D eigenvalue weighted by Gasteiger charge is 2.15. The highest BCUT2D eigenvalue weighted by molar-refractivity contribution is 7.80. The van der Waals surface area contributed by atoms with Gasteiger partial charge in [0, 0.05) is 17.8 Å². The summed E-state index contributed by atoms with van der Waals surface area (Å²) >= 11 is 11.0. The van der Waals surface area contributed by atoms with Gasteiger partial charge in [0.2, 0.25) is 0 Å². The molecule has 94 valence electrons. The van der Waals surface area contributed by atoms with Crippen LogP contribution in [0.3, 0.4) is 0 Å². The van der Waals surface area contributed by atoms with Gasteiger partial charge in [-0.15, -0.1) is 0 Å². The van der Waals surface area contributed by atoms with Crippen LogP contribution in [0.1, 0.15) is 11.3 Å². The number of halogens is 1. The summed E-state index contributed by atoms with van der Waals surface area (Å²) in [6, 6.07) is 7.43. The Balaban J connectivity index is 2.43. The molecule has 1 heterocycles. The van der Waals surface area contributed by atoms with Crippen molar-refractivity contribution in [2.45, 2.75) is 6.92 Å². The Morgan fingerprint density at radius 3 is 2.83 bits per heavy atom. The van der Waals surface area contributed by atoms with E-state index in [1.54, 1.807) is 4.68 Å². The molecule has 1 aromatic carbocycles. The Labute approximate surface area is 116 Å². The second-order valence-corrected chi connectivity index (χ2v) is 4.81. The molecule has 0 atom stereocenters. The Hall–Kier alpha value is -1.59. The van der Waals surface area contributed by atoms with Crippen molar-refractivity contribution in [3.63, 3.8) is 0 Å².